The predicted octanol–water partition coefficient (Wildman–Crippen LogP) is 4.00. The molecule has 21 heavy (non-hydrogen) atoms. The molecule has 108 valence electrons. The first-order valence-corrected chi connectivity index (χ1v) is 7.68. The minimum atomic E-state index is -0.492. The Bertz CT molecular complexity index is 700. The van der Waals surface area contributed by atoms with Gasteiger partial charge in [-0.1, -0.05) is 23.7 Å². The molecule has 3 rings (SSSR count). The van der Waals surface area contributed by atoms with Crippen molar-refractivity contribution in [3.63, 3.8) is 0 Å². The van der Waals surface area contributed by atoms with E-state index in [9.17, 15) is 10.1 Å². The summed E-state index contributed by atoms with van der Waals surface area (Å²) in [6, 6.07) is 5.51. The molecule has 0 bridgehead atoms. The molecule has 0 saturated heterocycles. The maximum atomic E-state index is 10.7. The van der Waals surface area contributed by atoms with E-state index in [1.54, 1.807) is 11.3 Å². The molecule has 0 spiro atoms. The van der Waals surface area contributed by atoms with Crippen LogP contribution in [0, 0.1) is 10.1 Å². The average Bonchev–Trinajstić information content (AvgIpc) is 3.01. The lowest BCUT2D eigenvalue weighted by atomic mass is 10.1. The van der Waals surface area contributed by atoms with Crippen molar-refractivity contribution < 1.29 is 4.92 Å². The number of halogens is 1. The summed E-state index contributed by atoms with van der Waals surface area (Å²) in [5.41, 5.74) is 1.25. The van der Waals surface area contributed by atoms with Crippen LogP contribution in [0.5, 0.6) is 0 Å². The van der Waals surface area contributed by atoms with Crippen molar-refractivity contribution in [2.24, 2.45) is 0 Å². The number of rotatable bonds is 3. The highest BCUT2D eigenvalue weighted by Crippen LogP contribution is 2.31. The van der Waals surface area contributed by atoms with Crippen LogP contribution in [0.3, 0.4) is 0 Å². The largest absolute Gasteiger partial charge is 0.351 e. The predicted molar refractivity (Wildman–Crippen MR) is 85.0 cm³/mol. The lowest BCUT2D eigenvalue weighted by Gasteiger charge is -2.27. The van der Waals surface area contributed by atoms with Crippen LogP contribution >= 0.6 is 22.9 Å². The minimum Gasteiger partial charge on any atom is -0.351 e. The van der Waals surface area contributed by atoms with Gasteiger partial charge in [0.15, 0.2) is 0 Å². The van der Waals surface area contributed by atoms with Crippen LogP contribution in [0.1, 0.15) is 11.3 Å². The highest BCUT2D eigenvalue weighted by atomic mass is 35.5. The Balaban J connectivity index is 1.79. The van der Waals surface area contributed by atoms with Gasteiger partial charge in [-0.25, -0.2) is 4.98 Å². The van der Waals surface area contributed by atoms with Gasteiger partial charge in [-0.3, -0.25) is 10.1 Å². The first-order chi connectivity index (χ1) is 10.1. The third kappa shape index (κ3) is 2.91. The van der Waals surface area contributed by atoms with Crippen molar-refractivity contribution in [3.8, 4) is 0 Å². The van der Waals surface area contributed by atoms with Gasteiger partial charge in [-0.2, -0.15) is 0 Å². The van der Waals surface area contributed by atoms with Gasteiger partial charge in [-0.15, -0.1) is 11.3 Å². The summed E-state index contributed by atoms with van der Waals surface area (Å²) >= 11 is 7.85. The zero-order valence-corrected chi connectivity index (χ0v) is 12.6. The zero-order chi connectivity index (χ0) is 14.8. The van der Waals surface area contributed by atoms with E-state index < -0.39 is 4.92 Å². The van der Waals surface area contributed by atoms with Gasteiger partial charge in [0.1, 0.15) is 12.0 Å². The van der Waals surface area contributed by atoms with Gasteiger partial charge in [0.05, 0.1) is 9.95 Å². The fraction of sp³-hybridized carbons (Fsp3) is 0.214. The molecule has 0 aliphatic carbocycles. The van der Waals surface area contributed by atoms with Gasteiger partial charge in [0.2, 0.25) is 0 Å². The smallest absolute Gasteiger partial charge is 0.289 e. The number of hydrogen-bond acceptors (Lipinski definition) is 5. The second-order valence-corrected chi connectivity index (χ2v) is 6.01. The quantitative estimate of drug-likeness (QED) is 0.633. The summed E-state index contributed by atoms with van der Waals surface area (Å²) in [6.07, 6.45) is 4.32. The molecule has 1 aliphatic rings. The Hall–Kier alpha value is -1.92. The Labute approximate surface area is 130 Å². The van der Waals surface area contributed by atoms with Crippen LogP contribution in [0.15, 0.2) is 35.9 Å². The molecule has 0 unspecified atom stereocenters. The first-order valence-electron chi connectivity index (χ1n) is 6.43. The monoisotopic (exact) mass is 321 g/mol. The molecular weight excluding hydrogens is 310 g/mol. The van der Waals surface area contributed by atoms with E-state index in [1.165, 1.54) is 22.7 Å². The van der Waals surface area contributed by atoms with Crippen LogP contribution < -0.4 is 4.90 Å². The summed E-state index contributed by atoms with van der Waals surface area (Å²) < 4.78 is 0. The van der Waals surface area contributed by atoms with E-state index in [-0.39, 0.29) is 5.69 Å². The Morgan fingerprint density at radius 3 is 2.90 bits per heavy atom. The molecule has 0 atom stereocenters. The second kappa shape index (κ2) is 5.83. The van der Waals surface area contributed by atoms with Gasteiger partial charge < -0.3 is 4.90 Å². The standard InChI is InChI=1S/C14H12ClN3O2S/c15-12-8-11(18(19)20)9-16-14(12)17-5-3-10(4-6-17)13-2-1-7-21-13/h1-3,7-9H,4-6H2. The van der Waals surface area contributed by atoms with Gasteiger partial charge in [0, 0.05) is 24.0 Å². The summed E-state index contributed by atoms with van der Waals surface area (Å²) in [7, 11) is 0. The van der Waals surface area contributed by atoms with Crippen LogP contribution in [-0.2, 0) is 0 Å². The number of anilines is 1. The fourth-order valence-corrected chi connectivity index (χ4v) is 3.38. The van der Waals surface area contributed by atoms with Crippen LogP contribution in [-0.4, -0.2) is 23.0 Å². The summed E-state index contributed by atoms with van der Waals surface area (Å²) in [6.45, 7) is 1.51. The van der Waals surface area contributed by atoms with Crippen LogP contribution in [0.2, 0.25) is 5.02 Å². The molecule has 0 N–H and O–H groups in total. The first kappa shape index (κ1) is 14.0. The lowest BCUT2D eigenvalue weighted by Crippen LogP contribution is -2.29. The molecule has 2 aromatic heterocycles. The molecule has 0 aromatic carbocycles. The maximum Gasteiger partial charge on any atom is 0.289 e. The Morgan fingerprint density at radius 1 is 1.48 bits per heavy atom. The SMILES string of the molecule is O=[N+]([O-])c1cnc(N2CC=C(c3cccs3)CC2)c(Cl)c1. The van der Waals surface area contributed by atoms with E-state index >= 15 is 0 Å². The summed E-state index contributed by atoms with van der Waals surface area (Å²) in [5, 5.41) is 13.1. The van der Waals surface area contributed by atoms with E-state index in [2.05, 4.69) is 22.5 Å². The van der Waals surface area contributed by atoms with E-state index in [1.807, 2.05) is 11.0 Å². The molecule has 3 heterocycles. The van der Waals surface area contributed by atoms with Crippen LogP contribution in [0.4, 0.5) is 11.5 Å². The van der Waals surface area contributed by atoms with Gasteiger partial charge >= 0.3 is 0 Å². The number of nitrogens with zero attached hydrogens (tertiary/aromatic N) is 3. The van der Waals surface area contributed by atoms with E-state index in [0.717, 1.165) is 13.0 Å². The highest BCUT2D eigenvalue weighted by molar-refractivity contribution is 7.11. The molecule has 0 radical (unpaired) electrons. The van der Waals surface area contributed by atoms with Gasteiger partial charge in [-0.05, 0) is 23.4 Å². The fourth-order valence-electron chi connectivity index (χ4n) is 2.30. The maximum absolute atomic E-state index is 10.7. The van der Waals surface area contributed by atoms with Crippen molar-refractivity contribution in [3.05, 3.63) is 55.9 Å². The third-order valence-corrected chi connectivity index (χ3v) is 4.59. The number of nitro groups is 1. The molecule has 2 aromatic rings. The molecule has 0 fully saturated rings. The van der Waals surface area contributed by atoms with Crippen molar-refractivity contribution in [1.29, 1.82) is 0 Å². The average molecular weight is 322 g/mol. The molecule has 1 aliphatic heterocycles. The minimum absolute atomic E-state index is 0.0874. The topological polar surface area (TPSA) is 59.3 Å². The van der Waals surface area contributed by atoms with Crippen molar-refractivity contribution in [2.75, 3.05) is 18.0 Å². The number of pyridine rings is 1. The van der Waals surface area contributed by atoms with Crippen LogP contribution in [0.25, 0.3) is 5.57 Å². The summed E-state index contributed by atoms with van der Waals surface area (Å²) in [4.78, 5) is 17.7. The number of aromatic nitrogens is 1. The molecular formula is C14H12ClN3O2S. The normalized spacial score (nSPS) is 14.9. The molecule has 0 saturated carbocycles. The van der Waals surface area contributed by atoms with E-state index in [0.29, 0.717) is 17.4 Å². The molecule has 0 amide bonds. The number of thiophene rings is 1. The van der Waals surface area contributed by atoms with E-state index in [4.69, 9.17) is 11.6 Å². The van der Waals surface area contributed by atoms with Crippen molar-refractivity contribution in [2.45, 2.75) is 6.42 Å². The van der Waals surface area contributed by atoms with Gasteiger partial charge in [0.25, 0.3) is 5.69 Å². The summed E-state index contributed by atoms with van der Waals surface area (Å²) in [5.74, 6) is 0.601. The molecule has 5 nitrogen and oxygen atoms in total. The molecule has 7 heteroatoms. The second-order valence-electron chi connectivity index (χ2n) is 4.66. The highest BCUT2D eigenvalue weighted by Gasteiger charge is 2.19. The number of hydrogen-bond donors (Lipinski definition) is 0. The Kier molecular flexibility index (Phi) is 3.90. The Morgan fingerprint density at radius 2 is 2.33 bits per heavy atom. The van der Waals surface area contributed by atoms with Crippen molar-refractivity contribution in [1.82, 2.24) is 4.98 Å². The zero-order valence-electron chi connectivity index (χ0n) is 11.0. The lowest BCUT2D eigenvalue weighted by molar-refractivity contribution is -0.385. The van der Waals surface area contributed by atoms with Crippen molar-refractivity contribution >= 4 is 40.0 Å². The third-order valence-electron chi connectivity index (χ3n) is 3.36.